The lowest BCUT2D eigenvalue weighted by atomic mass is 10.1. The Morgan fingerprint density at radius 1 is 1.07 bits per heavy atom. The predicted molar refractivity (Wildman–Crippen MR) is 110 cm³/mol. The molecule has 28 heavy (non-hydrogen) atoms. The van der Waals surface area contributed by atoms with E-state index in [9.17, 15) is 4.79 Å². The van der Waals surface area contributed by atoms with Crippen molar-refractivity contribution in [2.45, 2.75) is 13.8 Å². The summed E-state index contributed by atoms with van der Waals surface area (Å²) in [6.07, 6.45) is 3.32. The fraction of sp³-hybridized carbons (Fsp3) is 0.100. The molecule has 0 saturated heterocycles. The van der Waals surface area contributed by atoms with Crippen LogP contribution in [0.4, 0.5) is 5.69 Å². The molecule has 0 saturated carbocycles. The summed E-state index contributed by atoms with van der Waals surface area (Å²) in [4.78, 5) is 12.7. The number of benzene rings is 2. The summed E-state index contributed by atoms with van der Waals surface area (Å²) in [5.74, 6) is -0.200. The molecule has 1 N–H and O–H groups in total. The topological polar surface area (TPSA) is 77.6 Å². The number of hydrogen-bond acceptors (Lipinski definition) is 4. The standard InChI is InChI=1S/C20H17BrN6O/c1-13-19(21)14(2)27(24-13)16-9-7-15(8-10-16)20(28)23-17-5-3-4-6-18(17)26-12-11-22-25-26/h3-12H,1-2H3,(H,23,28). The van der Waals surface area contributed by atoms with Gasteiger partial charge < -0.3 is 5.32 Å². The van der Waals surface area contributed by atoms with E-state index < -0.39 is 0 Å². The lowest BCUT2D eigenvalue weighted by Gasteiger charge is -2.11. The van der Waals surface area contributed by atoms with Crippen molar-refractivity contribution in [3.63, 3.8) is 0 Å². The molecule has 0 aliphatic rings. The number of nitrogens with zero attached hydrogens (tertiary/aromatic N) is 5. The Labute approximate surface area is 170 Å². The minimum Gasteiger partial charge on any atom is -0.320 e. The minimum absolute atomic E-state index is 0.200. The van der Waals surface area contributed by atoms with Crippen LogP contribution in [0, 0.1) is 13.8 Å². The van der Waals surface area contributed by atoms with Gasteiger partial charge in [0, 0.05) is 5.56 Å². The van der Waals surface area contributed by atoms with Crippen molar-refractivity contribution >= 4 is 27.5 Å². The highest BCUT2D eigenvalue weighted by Gasteiger charge is 2.13. The Morgan fingerprint density at radius 2 is 1.82 bits per heavy atom. The zero-order valence-electron chi connectivity index (χ0n) is 15.3. The molecule has 4 rings (SSSR count). The minimum atomic E-state index is -0.200. The molecule has 0 radical (unpaired) electrons. The second kappa shape index (κ2) is 7.40. The quantitative estimate of drug-likeness (QED) is 0.522. The third kappa shape index (κ3) is 3.34. The van der Waals surface area contributed by atoms with Crippen molar-refractivity contribution in [2.75, 3.05) is 5.32 Å². The van der Waals surface area contributed by atoms with E-state index in [4.69, 9.17) is 0 Å². The van der Waals surface area contributed by atoms with E-state index in [1.165, 1.54) is 0 Å². The number of rotatable bonds is 4. The normalized spacial score (nSPS) is 10.8. The van der Waals surface area contributed by atoms with Gasteiger partial charge in [0.15, 0.2) is 0 Å². The van der Waals surface area contributed by atoms with E-state index in [2.05, 4.69) is 36.7 Å². The molecule has 2 aromatic heterocycles. The first-order valence-corrected chi connectivity index (χ1v) is 9.43. The largest absolute Gasteiger partial charge is 0.320 e. The van der Waals surface area contributed by atoms with Crippen LogP contribution in [0.5, 0.6) is 0 Å². The Bertz CT molecular complexity index is 1130. The van der Waals surface area contributed by atoms with Crippen LogP contribution in [0.1, 0.15) is 21.7 Å². The average Bonchev–Trinajstić information content (AvgIpc) is 3.33. The van der Waals surface area contributed by atoms with E-state index in [0.29, 0.717) is 11.3 Å². The number of nitrogens with one attached hydrogen (secondary N) is 1. The van der Waals surface area contributed by atoms with Crippen LogP contribution in [0.25, 0.3) is 11.4 Å². The zero-order valence-corrected chi connectivity index (χ0v) is 16.9. The fourth-order valence-corrected chi connectivity index (χ4v) is 3.19. The maximum absolute atomic E-state index is 12.7. The number of hydrogen-bond donors (Lipinski definition) is 1. The molecule has 2 heterocycles. The monoisotopic (exact) mass is 436 g/mol. The molecule has 0 unspecified atom stereocenters. The van der Waals surface area contributed by atoms with Crippen molar-refractivity contribution in [3.05, 3.63) is 82.3 Å². The van der Waals surface area contributed by atoms with Crippen molar-refractivity contribution in [2.24, 2.45) is 0 Å². The van der Waals surface area contributed by atoms with E-state index in [0.717, 1.165) is 27.2 Å². The summed E-state index contributed by atoms with van der Waals surface area (Å²) >= 11 is 3.54. The predicted octanol–water partition coefficient (Wildman–Crippen LogP) is 4.08. The second-order valence-corrected chi connectivity index (χ2v) is 7.06. The van der Waals surface area contributed by atoms with E-state index in [1.54, 1.807) is 29.2 Å². The van der Waals surface area contributed by atoms with Gasteiger partial charge >= 0.3 is 0 Å². The smallest absolute Gasteiger partial charge is 0.255 e. The maximum Gasteiger partial charge on any atom is 0.255 e. The first-order valence-electron chi connectivity index (χ1n) is 8.64. The van der Waals surface area contributed by atoms with Crippen LogP contribution in [0.2, 0.25) is 0 Å². The van der Waals surface area contributed by atoms with Crippen LogP contribution in [0.3, 0.4) is 0 Å². The van der Waals surface area contributed by atoms with Gasteiger partial charge in [-0.05, 0) is 66.2 Å². The van der Waals surface area contributed by atoms with Crippen LogP contribution < -0.4 is 5.32 Å². The number of carbonyl (C=O) groups excluding carboxylic acids is 1. The highest BCUT2D eigenvalue weighted by Crippen LogP contribution is 2.24. The molecule has 7 nitrogen and oxygen atoms in total. The molecule has 1 amide bonds. The van der Waals surface area contributed by atoms with Gasteiger partial charge in [0.05, 0.1) is 45.3 Å². The Morgan fingerprint density at radius 3 is 2.46 bits per heavy atom. The average molecular weight is 437 g/mol. The summed E-state index contributed by atoms with van der Waals surface area (Å²) < 4.78 is 4.44. The fourth-order valence-electron chi connectivity index (χ4n) is 2.94. The molecular weight excluding hydrogens is 420 g/mol. The lowest BCUT2D eigenvalue weighted by molar-refractivity contribution is 0.102. The van der Waals surface area contributed by atoms with Crippen LogP contribution in [-0.4, -0.2) is 30.7 Å². The van der Waals surface area contributed by atoms with Gasteiger partial charge in [0.1, 0.15) is 0 Å². The summed E-state index contributed by atoms with van der Waals surface area (Å²) in [5, 5.41) is 15.3. The van der Waals surface area contributed by atoms with E-state index >= 15 is 0 Å². The molecule has 140 valence electrons. The van der Waals surface area contributed by atoms with Crippen molar-refractivity contribution in [3.8, 4) is 11.4 Å². The molecule has 0 atom stereocenters. The summed E-state index contributed by atoms with van der Waals surface area (Å²) in [7, 11) is 0. The van der Waals surface area contributed by atoms with Crippen LogP contribution in [0.15, 0.2) is 65.4 Å². The number of aryl methyl sites for hydroxylation is 1. The molecule has 2 aromatic carbocycles. The molecule has 0 bridgehead atoms. The highest BCUT2D eigenvalue weighted by atomic mass is 79.9. The first kappa shape index (κ1) is 18.1. The second-order valence-electron chi connectivity index (χ2n) is 6.26. The maximum atomic E-state index is 12.7. The number of halogens is 1. The Hall–Kier alpha value is -3.26. The van der Waals surface area contributed by atoms with Gasteiger partial charge in [-0.25, -0.2) is 9.36 Å². The SMILES string of the molecule is Cc1nn(-c2ccc(C(=O)Nc3ccccc3-n3ccnn3)cc2)c(C)c1Br. The molecular formula is C20H17BrN6O. The molecule has 0 aliphatic heterocycles. The number of aromatic nitrogens is 5. The van der Waals surface area contributed by atoms with Crippen molar-refractivity contribution < 1.29 is 4.79 Å². The van der Waals surface area contributed by atoms with Crippen LogP contribution in [-0.2, 0) is 0 Å². The van der Waals surface area contributed by atoms with Gasteiger partial charge in [-0.15, -0.1) is 5.10 Å². The number of amides is 1. The van der Waals surface area contributed by atoms with Gasteiger partial charge in [-0.1, -0.05) is 17.3 Å². The van der Waals surface area contributed by atoms with Crippen molar-refractivity contribution in [1.82, 2.24) is 24.8 Å². The van der Waals surface area contributed by atoms with Gasteiger partial charge in [0.2, 0.25) is 0 Å². The number of anilines is 1. The molecule has 0 spiro atoms. The third-order valence-electron chi connectivity index (χ3n) is 4.40. The lowest BCUT2D eigenvalue weighted by Crippen LogP contribution is -2.14. The number of carbonyl (C=O) groups is 1. The van der Waals surface area contributed by atoms with E-state index in [1.807, 2.05) is 54.9 Å². The molecule has 4 aromatic rings. The highest BCUT2D eigenvalue weighted by molar-refractivity contribution is 9.10. The molecule has 0 aliphatic carbocycles. The number of para-hydroxylation sites is 2. The summed E-state index contributed by atoms with van der Waals surface area (Å²) in [6.45, 7) is 3.94. The van der Waals surface area contributed by atoms with Gasteiger partial charge in [-0.2, -0.15) is 5.10 Å². The molecule has 8 heteroatoms. The molecule has 0 fully saturated rings. The van der Waals surface area contributed by atoms with Gasteiger partial charge in [0.25, 0.3) is 5.91 Å². The van der Waals surface area contributed by atoms with Gasteiger partial charge in [-0.3, -0.25) is 4.79 Å². The zero-order chi connectivity index (χ0) is 19.7. The first-order chi connectivity index (χ1) is 13.5. The Balaban J connectivity index is 1.58. The summed E-state index contributed by atoms with van der Waals surface area (Å²) in [5.41, 5.74) is 4.78. The van der Waals surface area contributed by atoms with E-state index in [-0.39, 0.29) is 5.91 Å². The summed E-state index contributed by atoms with van der Waals surface area (Å²) in [6, 6.07) is 14.8. The Kier molecular flexibility index (Phi) is 4.79. The van der Waals surface area contributed by atoms with Crippen molar-refractivity contribution in [1.29, 1.82) is 0 Å². The van der Waals surface area contributed by atoms with Crippen LogP contribution >= 0.6 is 15.9 Å². The third-order valence-corrected chi connectivity index (χ3v) is 5.55.